The average Bonchev–Trinajstić information content (AvgIpc) is 3.32. The van der Waals surface area contributed by atoms with E-state index in [2.05, 4.69) is 18.7 Å². The highest BCUT2D eigenvalue weighted by atomic mass is 16.5. The maximum absolute atomic E-state index is 13.0. The molecule has 1 unspecified atom stereocenters. The molecule has 1 atom stereocenters. The van der Waals surface area contributed by atoms with Gasteiger partial charge in [-0.25, -0.2) is 0 Å². The molecule has 3 rings (SSSR count). The molecule has 1 aliphatic rings. The Morgan fingerprint density at radius 1 is 1.16 bits per heavy atom. The minimum atomic E-state index is -0.767. The number of nitrogens with zero attached hydrogens (tertiary/aromatic N) is 2. The molecule has 7 heteroatoms. The lowest BCUT2D eigenvalue weighted by Crippen LogP contribution is -2.33. The van der Waals surface area contributed by atoms with Crippen molar-refractivity contribution in [2.75, 3.05) is 32.8 Å². The molecule has 0 aliphatic carbocycles. The van der Waals surface area contributed by atoms with E-state index >= 15 is 0 Å². The summed E-state index contributed by atoms with van der Waals surface area (Å²) in [5.74, 6) is 0.169. The number of carbonyl (C=O) groups excluding carboxylic acids is 2. The minimum Gasteiger partial charge on any atom is -0.507 e. The maximum atomic E-state index is 13.0. The van der Waals surface area contributed by atoms with Gasteiger partial charge < -0.3 is 24.1 Å². The Kier molecular flexibility index (Phi) is 7.75. The minimum absolute atomic E-state index is 0.0424. The number of aliphatic hydroxyl groups is 1. The molecular formula is C25H32N2O5. The van der Waals surface area contributed by atoms with Gasteiger partial charge in [0.25, 0.3) is 11.7 Å². The maximum Gasteiger partial charge on any atom is 0.295 e. The van der Waals surface area contributed by atoms with Gasteiger partial charge in [0.15, 0.2) is 0 Å². The molecule has 7 nitrogen and oxygen atoms in total. The second kappa shape index (κ2) is 10.5. The van der Waals surface area contributed by atoms with Crippen LogP contribution in [0.4, 0.5) is 0 Å². The Bertz CT molecular complexity index is 990. The summed E-state index contributed by atoms with van der Waals surface area (Å²) in [5.41, 5.74) is 0.464. The molecule has 0 saturated carbocycles. The fourth-order valence-corrected chi connectivity index (χ4v) is 4.07. The van der Waals surface area contributed by atoms with Crippen LogP contribution < -0.4 is 4.74 Å². The fourth-order valence-electron chi connectivity index (χ4n) is 4.07. The quantitative estimate of drug-likeness (QED) is 0.340. The summed E-state index contributed by atoms with van der Waals surface area (Å²) in [5, 5.41) is 11.1. The van der Waals surface area contributed by atoms with Crippen LogP contribution in [0.25, 0.3) is 5.76 Å². The number of hydrogen-bond donors (Lipinski definition) is 1. The molecule has 1 aromatic carbocycles. The lowest BCUT2D eigenvalue weighted by molar-refractivity contribution is -0.140. The molecule has 32 heavy (non-hydrogen) atoms. The number of hydrogen-bond acceptors (Lipinski definition) is 6. The van der Waals surface area contributed by atoms with Crippen molar-refractivity contribution in [3.8, 4) is 5.75 Å². The van der Waals surface area contributed by atoms with E-state index in [4.69, 9.17) is 9.15 Å². The highest BCUT2D eigenvalue weighted by Gasteiger charge is 2.47. The van der Waals surface area contributed by atoms with Crippen molar-refractivity contribution >= 4 is 17.4 Å². The highest BCUT2D eigenvalue weighted by Crippen LogP contribution is 2.40. The Morgan fingerprint density at radius 2 is 1.91 bits per heavy atom. The molecule has 2 aromatic rings. The molecule has 2 heterocycles. The first-order valence-electron chi connectivity index (χ1n) is 11.2. The summed E-state index contributed by atoms with van der Waals surface area (Å²) in [6, 6.07) is 9.66. The number of furan rings is 1. The lowest BCUT2D eigenvalue weighted by Gasteiger charge is -2.25. The molecule has 1 aliphatic heterocycles. The molecule has 1 saturated heterocycles. The number of ketones is 1. The van der Waals surface area contributed by atoms with Gasteiger partial charge in [-0.1, -0.05) is 26.0 Å². The Morgan fingerprint density at radius 3 is 2.53 bits per heavy atom. The van der Waals surface area contributed by atoms with E-state index in [0.29, 0.717) is 42.4 Å². The van der Waals surface area contributed by atoms with E-state index in [1.807, 2.05) is 13.8 Å². The lowest BCUT2D eigenvalue weighted by atomic mass is 9.99. The molecule has 0 radical (unpaired) electrons. The van der Waals surface area contributed by atoms with Gasteiger partial charge in [0.1, 0.15) is 29.1 Å². The zero-order valence-electron chi connectivity index (χ0n) is 19.3. The topological polar surface area (TPSA) is 83.2 Å². The summed E-state index contributed by atoms with van der Waals surface area (Å²) < 4.78 is 11.3. The van der Waals surface area contributed by atoms with Gasteiger partial charge in [0, 0.05) is 12.1 Å². The number of rotatable bonds is 10. The normalized spacial score (nSPS) is 18.0. The summed E-state index contributed by atoms with van der Waals surface area (Å²) in [6.45, 7) is 11.4. The fraction of sp³-hybridized carbons (Fsp3) is 0.440. The van der Waals surface area contributed by atoms with Gasteiger partial charge in [0.2, 0.25) is 0 Å². The van der Waals surface area contributed by atoms with Crippen molar-refractivity contribution in [3.63, 3.8) is 0 Å². The van der Waals surface area contributed by atoms with Crippen molar-refractivity contribution in [1.82, 2.24) is 9.80 Å². The van der Waals surface area contributed by atoms with E-state index in [1.165, 1.54) is 4.90 Å². The number of aryl methyl sites for hydroxylation is 1. The largest absolute Gasteiger partial charge is 0.507 e. The van der Waals surface area contributed by atoms with E-state index in [9.17, 15) is 14.7 Å². The Hall–Kier alpha value is -3.06. The molecule has 0 bridgehead atoms. The number of aliphatic hydroxyl groups excluding tert-OH is 1. The van der Waals surface area contributed by atoms with Gasteiger partial charge in [0.05, 0.1) is 12.2 Å². The van der Waals surface area contributed by atoms with Crippen molar-refractivity contribution < 1.29 is 23.8 Å². The number of ether oxygens (including phenoxy) is 1. The molecule has 0 spiro atoms. The highest BCUT2D eigenvalue weighted by molar-refractivity contribution is 6.46. The number of amides is 1. The van der Waals surface area contributed by atoms with Crippen LogP contribution >= 0.6 is 0 Å². The third kappa shape index (κ3) is 4.88. The second-order valence-corrected chi connectivity index (χ2v) is 7.78. The summed E-state index contributed by atoms with van der Waals surface area (Å²) in [6.07, 6.45) is 0.713. The van der Waals surface area contributed by atoms with Crippen LogP contribution in [0, 0.1) is 6.92 Å². The second-order valence-electron chi connectivity index (χ2n) is 7.78. The van der Waals surface area contributed by atoms with Gasteiger partial charge in [-0.15, -0.1) is 0 Å². The van der Waals surface area contributed by atoms with Crippen LogP contribution in [0.3, 0.4) is 0 Å². The number of carbonyl (C=O) groups is 2. The number of benzene rings is 1. The van der Waals surface area contributed by atoms with E-state index in [0.717, 1.165) is 19.6 Å². The predicted octanol–water partition coefficient (Wildman–Crippen LogP) is 4.14. The van der Waals surface area contributed by atoms with Crippen LogP contribution in [-0.4, -0.2) is 59.4 Å². The van der Waals surface area contributed by atoms with Crippen molar-refractivity contribution in [2.24, 2.45) is 0 Å². The molecule has 1 aromatic heterocycles. The van der Waals surface area contributed by atoms with Crippen LogP contribution in [0.5, 0.6) is 5.75 Å². The average molecular weight is 441 g/mol. The molecular weight excluding hydrogens is 408 g/mol. The smallest absolute Gasteiger partial charge is 0.295 e. The number of Topliss-reactive ketones (excluding diaryl/α,β-unsaturated/α-hetero) is 1. The zero-order valence-corrected chi connectivity index (χ0v) is 19.3. The van der Waals surface area contributed by atoms with Crippen molar-refractivity contribution in [2.45, 2.75) is 40.2 Å². The first-order valence-corrected chi connectivity index (χ1v) is 11.2. The van der Waals surface area contributed by atoms with Gasteiger partial charge in [-0.05, 0) is 64.2 Å². The van der Waals surface area contributed by atoms with Crippen molar-refractivity contribution in [3.05, 3.63) is 59.1 Å². The first kappa shape index (κ1) is 23.6. The summed E-state index contributed by atoms with van der Waals surface area (Å²) >= 11 is 0. The van der Waals surface area contributed by atoms with Crippen LogP contribution in [-0.2, 0) is 9.59 Å². The van der Waals surface area contributed by atoms with Crippen LogP contribution in [0.1, 0.15) is 50.3 Å². The first-order chi connectivity index (χ1) is 15.4. The summed E-state index contributed by atoms with van der Waals surface area (Å²) in [4.78, 5) is 29.8. The van der Waals surface area contributed by atoms with E-state index in [-0.39, 0.29) is 11.3 Å². The SMILES string of the molecule is CCOc1cccc(/C(O)=C2\C(=O)C(=O)N(CCCN(CC)CC)C2c2ccc(C)o2)c1. The van der Waals surface area contributed by atoms with Crippen LogP contribution in [0.2, 0.25) is 0 Å². The van der Waals surface area contributed by atoms with Gasteiger partial charge >= 0.3 is 0 Å². The summed E-state index contributed by atoms with van der Waals surface area (Å²) in [7, 11) is 0. The Balaban J connectivity index is 2.00. The molecule has 1 fully saturated rings. The van der Waals surface area contributed by atoms with E-state index in [1.54, 1.807) is 36.4 Å². The molecule has 172 valence electrons. The Labute approximate surface area is 189 Å². The van der Waals surface area contributed by atoms with Gasteiger partial charge in [-0.2, -0.15) is 0 Å². The van der Waals surface area contributed by atoms with Crippen molar-refractivity contribution in [1.29, 1.82) is 0 Å². The zero-order chi connectivity index (χ0) is 23.3. The standard InChI is InChI=1S/C25H32N2O5/c1-5-26(6-2)14-9-15-27-22(20-13-12-17(4)32-20)21(24(29)25(27)30)23(28)18-10-8-11-19(16-18)31-7-3/h8,10-13,16,22,28H,5-7,9,14-15H2,1-4H3/b23-21+. The van der Waals surface area contributed by atoms with Crippen LogP contribution in [0.15, 0.2) is 46.4 Å². The molecule has 1 N–H and O–H groups in total. The van der Waals surface area contributed by atoms with E-state index < -0.39 is 17.7 Å². The third-order valence-electron chi connectivity index (χ3n) is 5.76. The number of likely N-dealkylation sites (tertiary alicyclic amines) is 1. The van der Waals surface area contributed by atoms with Gasteiger partial charge in [-0.3, -0.25) is 9.59 Å². The third-order valence-corrected chi connectivity index (χ3v) is 5.76. The predicted molar refractivity (Wildman–Crippen MR) is 122 cm³/mol. The molecule has 1 amide bonds. The monoisotopic (exact) mass is 440 g/mol.